The Kier molecular flexibility index (Phi) is 4.55. The number of nitrogens with zero attached hydrogens (tertiary/aromatic N) is 1. The van der Waals surface area contributed by atoms with Crippen LogP contribution in [0.2, 0.25) is 0 Å². The number of fused-ring (bicyclic) bond motifs is 6. The van der Waals surface area contributed by atoms with Gasteiger partial charge in [-0.05, 0) is 47.5 Å². The van der Waals surface area contributed by atoms with Crippen molar-refractivity contribution in [1.82, 2.24) is 5.32 Å². The molecule has 1 aliphatic rings. The Morgan fingerprint density at radius 3 is 2.00 bits per heavy atom. The average molecular weight is 491 g/mol. The molecule has 1 N–H and O–H groups in total. The van der Waals surface area contributed by atoms with Crippen LogP contribution in [0.15, 0.2) is 135 Å². The summed E-state index contributed by atoms with van der Waals surface area (Å²) in [6.45, 7) is 0. The lowest BCUT2D eigenvalue weighted by Gasteiger charge is -2.25. The van der Waals surface area contributed by atoms with Gasteiger partial charge in [0.15, 0.2) is 0 Å². The van der Waals surface area contributed by atoms with Crippen molar-refractivity contribution in [2.45, 2.75) is 6.17 Å². The van der Waals surface area contributed by atoms with Crippen LogP contribution in [0.25, 0.3) is 49.6 Å². The molecule has 0 bridgehead atoms. The first-order valence-electron chi connectivity index (χ1n) is 12.7. The Bertz CT molecular complexity index is 2050. The zero-order valence-corrected chi connectivity index (χ0v) is 20.4. The highest BCUT2D eigenvalue weighted by Gasteiger charge is 2.20. The van der Waals surface area contributed by atoms with Crippen LogP contribution in [0.5, 0.6) is 0 Å². The van der Waals surface area contributed by atoms with Crippen LogP contribution in [0, 0.1) is 0 Å². The zero-order valence-electron chi connectivity index (χ0n) is 20.4. The van der Waals surface area contributed by atoms with Gasteiger partial charge in [0, 0.05) is 38.9 Å². The van der Waals surface area contributed by atoms with Gasteiger partial charge in [0.2, 0.25) is 0 Å². The second-order valence-electron chi connectivity index (χ2n) is 9.65. The molecule has 2 aromatic heterocycles. The third-order valence-electron chi connectivity index (χ3n) is 7.31. The minimum Gasteiger partial charge on any atom is -0.456 e. The maximum Gasteiger partial charge on any atom is 0.145 e. The summed E-state index contributed by atoms with van der Waals surface area (Å²) in [6, 6.07) is 39.4. The van der Waals surface area contributed by atoms with Gasteiger partial charge in [0.05, 0.1) is 5.71 Å². The normalized spacial score (nSPS) is 15.6. The van der Waals surface area contributed by atoms with Gasteiger partial charge in [-0.3, -0.25) is 4.99 Å². The lowest BCUT2D eigenvalue weighted by molar-refractivity contribution is 0.656. The number of furan rings is 2. The first-order chi connectivity index (χ1) is 18.8. The Hall–Kier alpha value is -5.09. The van der Waals surface area contributed by atoms with Gasteiger partial charge in [-0.2, -0.15) is 0 Å². The summed E-state index contributed by atoms with van der Waals surface area (Å²) in [5, 5.41) is 7.97. The molecular weight excluding hydrogens is 468 g/mol. The second-order valence-corrected chi connectivity index (χ2v) is 9.65. The Morgan fingerprint density at radius 1 is 0.526 bits per heavy atom. The van der Waals surface area contributed by atoms with Crippen LogP contribution in [-0.4, -0.2) is 5.71 Å². The first kappa shape index (κ1) is 21.0. The molecule has 0 amide bonds. The molecule has 0 radical (unpaired) electrons. The molecule has 0 saturated heterocycles. The summed E-state index contributed by atoms with van der Waals surface area (Å²) >= 11 is 0. The van der Waals surface area contributed by atoms with Gasteiger partial charge in [-0.25, -0.2) is 0 Å². The molecule has 1 aliphatic heterocycles. The zero-order chi connectivity index (χ0) is 25.1. The van der Waals surface area contributed by atoms with Crippen LogP contribution >= 0.6 is 0 Å². The fourth-order valence-corrected chi connectivity index (χ4v) is 5.42. The molecule has 4 nitrogen and oxygen atoms in total. The molecule has 0 saturated carbocycles. The van der Waals surface area contributed by atoms with E-state index in [2.05, 4.69) is 84.2 Å². The molecular formula is C34H22N2O2. The molecule has 5 aromatic carbocycles. The van der Waals surface area contributed by atoms with E-state index in [1.807, 2.05) is 42.5 Å². The van der Waals surface area contributed by atoms with Crippen LogP contribution in [0.4, 0.5) is 0 Å². The standard InChI is InChI=1S/C34H22N2O2/c1-3-9-21(10-4-1)28-19-29(36-34(35-28)22-11-5-2-6-12-22)23-15-16-31-25(17-23)27-18-26-24-13-7-8-14-30(24)37-32(26)20-33(27)38-31/h1-20,34-35H. The second kappa shape index (κ2) is 8.22. The van der Waals surface area contributed by atoms with E-state index in [9.17, 15) is 0 Å². The van der Waals surface area contributed by atoms with Crippen LogP contribution < -0.4 is 5.32 Å². The van der Waals surface area contributed by atoms with E-state index < -0.39 is 0 Å². The number of benzene rings is 5. The summed E-state index contributed by atoms with van der Waals surface area (Å²) < 4.78 is 12.3. The first-order valence-corrected chi connectivity index (χ1v) is 12.7. The van der Waals surface area contributed by atoms with Gasteiger partial charge >= 0.3 is 0 Å². The van der Waals surface area contributed by atoms with Crippen LogP contribution in [0.1, 0.15) is 22.9 Å². The molecule has 1 atom stereocenters. The van der Waals surface area contributed by atoms with Crippen molar-refractivity contribution in [3.63, 3.8) is 0 Å². The summed E-state index contributed by atoms with van der Waals surface area (Å²) in [4.78, 5) is 5.14. The molecule has 4 heteroatoms. The summed E-state index contributed by atoms with van der Waals surface area (Å²) in [5.41, 5.74) is 8.67. The number of aliphatic imine (C=N–C) groups is 1. The number of hydrogen-bond donors (Lipinski definition) is 1. The maximum absolute atomic E-state index is 6.25. The Morgan fingerprint density at radius 2 is 1.18 bits per heavy atom. The van der Waals surface area contributed by atoms with Crippen molar-refractivity contribution < 1.29 is 8.83 Å². The summed E-state index contributed by atoms with van der Waals surface area (Å²) in [7, 11) is 0. The largest absolute Gasteiger partial charge is 0.456 e. The summed E-state index contributed by atoms with van der Waals surface area (Å²) in [5.74, 6) is 0. The van der Waals surface area contributed by atoms with Crippen molar-refractivity contribution in [2.24, 2.45) is 4.99 Å². The predicted octanol–water partition coefficient (Wildman–Crippen LogP) is 8.62. The molecule has 1 unspecified atom stereocenters. The monoisotopic (exact) mass is 490 g/mol. The van der Waals surface area contributed by atoms with Crippen molar-refractivity contribution in [3.8, 4) is 0 Å². The van der Waals surface area contributed by atoms with E-state index in [1.165, 1.54) is 0 Å². The van der Waals surface area contributed by atoms with E-state index in [4.69, 9.17) is 13.8 Å². The highest BCUT2D eigenvalue weighted by Crippen LogP contribution is 2.37. The summed E-state index contributed by atoms with van der Waals surface area (Å²) in [6.07, 6.45) is 1.96. The van der Waals surface area contributed by atoms with Crippen LogP contribution in [0.3, 0.4) is 0 Å². The van der Waals surface area contributed by atoms with E-state index in [1.54, 1.807) is 0 Å². The van der Waals surface area contributed by atoms with Crippen molar-refractivity contribution in [1.29, 1.82) is 0 Å². The highest BCUT2D eigenvalue weighted by molar-refractivity contribution is 6.18. The Labute approximate surface area is 218 Å². The van der Waals surface area contributed by atoms with Crippen molar-refractivity contribution in [2.75, 3.05) is 0 Å². The van der Waals surface area contributed by atoms with Gasteiger partial charge in [-0.1, -0.05) is 78.9 Å². The van der Waals surface area contributed by atoms with Gasteiger partial charge in [-0.15, -0.1) is 0 Å². The molecule has 7 aromatic rings. The van der Waals surface area contributed by atoms with E-state index in [-0.39, 0.29) is 6.17 Å². The van der Waals surface area contributed by atoms with Crippen LogP contribution in [-0.2, 0) is 0 Å². The quantitative estimate of drug-likeness (QED) is 0.270. The fourth-order valence-electron chi connectivity index (χ4n) is 5.42. The maximum atomic E-state index is 6.25. The molecule has 38 heavy (non-hydrogen) atoms. The lowest BCUT2D eigenvalue weighted by atomic mass is 10.00. The van der Waals surface area contributed by atoms with E-state index >= 15 is 0 Å². The topological polar surface area (TPSA) is 50.7 Å². The minimum atomic E-state index is -0.180. The minimum absolute atomic E-state index is 0.180. The molecule has 180 valence electrons. The van der Waals surface area contributed by atoms with Gasteiger partial charge in [0.25, 0.3) is 0 Å². The number of nitrogens with one attached hydrogen (secondary N) is 1. The fraction of sp³-hybridized carbons (Fsp3) is 0.0294. The number of para-hydroxylation sites is 1. The third-order valence-corrected chi connectivity index (χ3v) is 7.31. The smallest absolute Gasteiger partial charge is 0.145 e. The number of rotatable bonds is 3. The third kappa shape index (κ3) is 3.35. The molecule has 0 spiro atoms. The SMILES string of the molecule is C1=C(c2ccccc2)NC(c2ccccc2)N=C1c1ccc2oc3cc4oc5ccccc5c4cc3c2c1. The molecule has 8 rings (SSSR count). The Balaban J connectivity index is 1.31. The van der Waals surface area contributed by atoms with Crippen molar-refractivity contribution in [3.05, 3.63) is 138 Å². The predicted molar refractivity (Wildman–Crippen MR) is 154 cm³/mol. The number of hydrogen-bond acceptors (Lipinski definition) is 4. The van der Waals surface area contributed by atoms with E-state index in [0.717, 1.165) is 72.0 Å². The number of allylic oxidation sites excluding steroid dienone is 1. The lowest BCUT2D eigenvalue weighted by Crippen LogP contribution is -2.24. The molecule has 0 aliphatic carbocycles. The van der Waals surface area contributed by atoms with Crippen molar-refractivity contribution >= 4 is 55.3 Å². The van der Waals surface area contributed by atoms with Gasteiger partial charge < -0.3 is 14.2 Å². The van der Waals surface area contributed by atoms with Gasteiger partial charge in [0.1, 0.15) is 28.5 Å². The van der Waals surface area contributed by atoms with E-state index in [0.29, 0.717) is 0 Å². The highest BCUT2D eigenvalue weighted by atomic mass is 16.3. The molecule has 0 fully saturated rings. The molecule has 3 heterocycles. The average Bonchev–Trinajstić information content (AvgIpc) is 3.53.